The summed E-state index contributed by atoms with van der Waals surface area (Å²) in [5, 5.41) is 11.9. The van der Waals surface area contributed by atoms with Gasteiger partial charge in [0, 0.05) is 13.0 Å². The Bertz CT molecular complexity index is 838. The average Bonchev–Trinajstić information content (AvgIpc) is 2.92. The lowest BCUT2D eigenvalue weighted by atomic mass is 9.90. The molecule has 3 amide bonds. The monoisotopic (exact) mass is 399 g/mol. The van der Waals surface area contributed by atoms with Crippen LogP contribution < -0.4 is 5.32 Å². The summed E-state index contributed by atoms with van der Waals surface area (Å²) in [5.41, 5.74) is -0.351. The number of hydrogen-bond acceptors (Lipinski definition) is 6. The molecule has 0 saturated heterocycles. The normalized spacial score (nSPS) is 16.1. The number of nitriles is 1. The van der Waals surface area contributed by atoms with Gasteiger partial charge in [-0.05, 0) is 38.3 Å². The number of rotatable bonds is 8. The van der Waals surface area contributed by atoms with E-state index in [-0.39, 0.29) is 37.1 Å². The fourth-order valence-electron chi connectivity index (χ4n) is 2.79. The molecule has 0 fully saturated rings. The van der Waals surface area contributed by atoms with Crippen molar-refractivity contribution < 1.29 is 23.9 Å². The quantitative estimate of drug-likeness (QED) is 0.528. The van der Waals surface area contributed by atoms with Crippen molar-refractivity contribution in [1.29, 1.82) is 5.26 Å². The van der Waals surface area contributed by atoms with E-state index >= 15 is 0 Å². The van der Waals surface area contributed by atoms with Crippen LogP contribution in [0.5, 0.6) is 0 Å². The molecule has 8 heteroatoms. The Morgan fingerprint density at radius 2 is 1.72 bits per heavy atom. The SMILES string of the molecule is CC(C)[C@](C)(C#N)NC(=O)[C@@H](C)OC(=O)CCCN1C(=O)c2ccccc2C1=O. The van der Waals surface area contributed by atoms with Crippen LogP contribution in [0.25, 0.3) is 0 Å². The van der Waals surface area contributed by atoms with Gasteiger partial charge in [-0.25, -0.2) is 0 Å². The van der Waals surface area contributed by atoms with Gasteiger partial charge in [0.15, 0.2) is 6.10 Å². The van der Waals surface area contributed by atoms with Crippen molar-refractivity contribution in [3.8, 4) is 6.07 Å². The van der Waals surface area contributed by atoms with Gasteiger partial charge in [0.25, 0.3) is 17.7 Å². The van der Waals surface area contributed by atoms with E-state index in [1.54, 1.807) is 45.0 Å². The van der Waals surface area contributed by atoms with E-state index in [0.29, 0.717) is 11.1 Å². The van der Waals surface area contributed by atoms with Gasteiger partial charge in [-0.3, -0.25) is 24.1 Å². The Balaban J connectivity index is 1.82. The third kappa shape index (κ3) is 4.80. The maximum atomic E-state index is 12.3. The Labute approximate surface area is 169 Å². The number of ether oxygens (including phenoxy) is 1. The molecule has 2 atom stereocenters. The fourth-order valence-corrected chi connectivity index (χ4v) is 2.79. The van der Waals surface area contributed by atoms with Crippen LogP contribution in [0, 0.1) is 17.2 Å². The predicted octanol–water partition coefficient (Wildman–Crippen LogP) is 2.05. The number of nitrogens with zero attached hydrogens (tertiary/aromatic N) is 2. The number of nitrogens with one attached hydrogen (secondary N) is 1. The molecule has 154 valence electrons. The summed E-state index contributed by atoms with van der Waals surface area (Å²) in [6, 6.07) is 8.62. The highest BCUT2D eigenvalue weighted by Gasteiger charge is 2.35. The number of fused-ring (bicyclic) bond motifs is 1. The molecule has 1 aliphatic heterocycles. The molecule has 1 heterocycles. The molecule has 8 nitrogen and oxygen atoms in total. The Kier molecular flexibility index (Phi) is 6.75. The van der Waals surface area contributed by atoms with Gasteiger partial charge in [0.1, 0.15) is 5.54 Å². The first-order valence-electron chi connectivity index (χ1n) is 9.48. The van der Waals surface area contributed by atoms with Crippen molar-refractivity contribution in [2.75, 3.05) is 6.54 Å². The molecule has 1 aromatic carbocycles. The van der Waals surface area contributed by atoms with Crippen molar-refractivity contribution >= 4 is 23.7 Å². The first-order valence-corrected chi connectivity index (χ1v) is 9.48. The Morgan fingerprint density at radius 3 is 2.21 bits per heavy atom. The van der Waals surface area contributed by atoms with Crippen LogP contribution in [0.3, 0.4) is 0 Å². The third-order valence-electron chi connectivity index (χ3n) is 5.09. The standard InChI is InChI=1S/C21H25N3O5/c1-13(2)21(4,12-22)23-18(26)14(3)29-17(25)10-7-11-24-19(27)15-8-5-6-9-16(15)20(24)28/h5-6,8-9,13-14H,7,10-11H2,1-4H3,(H,23,26)/t14-,21+/m1/s1. The minimum Gasteiger partial charge on any atom is -0.453 e. The lowest BCUT2D eigenvalue weighted by molar-refractivity contribution is -0.155. The van der Waals surface area contributed by atoms with E-state index in [1.807, 2.05) is 0 Å². The number of carbonyl (C=O) groups excluding carboxylic acids is 4. The predicted molar refractivity (Wildman–Crippen MR) is 104 cm³/mol. The zero-order valence-corrected chi connectivity index (χ0v) is 17.0. The molecule has 0 radical (unpaired) electrons. The first kappa shape index (κ1) is 22.1. The summed E-state index contributed by atoms with van der Waals surface area (Å²) >= 11 is 0. The van der Waals surface area contributed by atoms with Crippen LogP contribution in [0.1, 0.15) is 61.3 Å². The highest BCUT2D eigenvalue weighted by atomic mass is 16.5. The van der Waals surface area contributed by atoms with Gasteiger partial charge in [-0.15, -0.1) is 0 Å². The van der Waals surface area contributed by atoms with Crippen molar-refractivity contribution in [3.63, 3.8) is 0 Å². The number of imide groups is 1. The summed E-state index contributed by atoms with van der Waals surface area (Å²) in [7, 11) is 0. The van der Waals surface area contributed by atoms with Crippen LogP contribution >= 0.6 is 0 Å². The van der Waals surface area contributed by atoms with Crippen LogP contribution in [-0.4, -0.2) is 46.8 Å². The first-order chi connectivity index (χ1) is 13.6. The molecule has 1 aromatic rings. The maximum Gasteiger partial charge on any atom is 0.306 e. The molecule has 1 aliphatic rings. The smallest absolute Gasteiger partial charge is 0.306 e. The lowest BCUT2D eigenvalue weighted by Gasteiger charge is -2.28. The molecule has 0 aromatic heterocycles. The minimum absolute atomic E-state index is 0.0509. The molecule has 29 heavy (non-hydrogen) atoms. The van der Waals surface area contributed by atoms with Gasteiger partial charge in [-0.1, -0.05) is 26.0 Å². The number of esters is 1. The number of benzene rings is 1. The zero-order chi connectivity index (χ0) is 21.8. The van der Waals surface area contributed by atoms with Crippen LogP contribution in [0.4, 0.5) is 0 Å². The third-order valence-corrected chi connectivity index (χ3v) is 5.09. The molecule has 0 saturated carbocycles. The van der Waals surface area contributed by atoms with Gasteiger partial charge in [0.05, 0.1) is 17.2 Å². The highest BCUT2D eigenvalue weighted by molar-refractivity contribution is 6.21. The second-order valence-corrected chi connectivity index (χ2v) is 7.50. The maximum absolute atomic E-state index is 12.3. The van der Waals surface area contributed by atoms with Crippen LogP contribution in [0.2, 0.25) is 0 Å². The average molecular weight is 399 g/mol. The topological polar surface area (TPSA) is 117 Å². The summed E-state index contributed by atoms with van der Waals surface area (Å²) < 4.78 is 5.11. The van der Waals surface area contributed by atoms with E-state index in [9.17, 15) is 24.4 Å². The Hall–Kier alpha value is -3.21. The zero-order valence-electron chi connectivity index (χ0n) is 17.0. The summed E-state index contributed by atoms with van der Waals surface area (Å²) in [6.07, 6.45) is -0.890. The Morgan fingerprint density at radius 1 is 1.17 bits per heavy atom. The van der Waals surface area contributed by atoms with E-state index < -0.39 is 23.5 Å². The number of hydrogen-bond donors (Lipinski definition) is 1. The van der Waals surface area contributed by atoms with Crippen LogP contribution in [-0.2, 0) is 14.3 Å². The minimum atomic E-state index is -1.07. The summed E-state index contributed by atoms with van der Waals surface area (Å²) in [5.74, 6) is -2.06. The van der Waals surface area contributed by atoms with E-state index in [4.69, 9.17) is 4.74 Å². The highest BCUT2D eigenvalue weighted by Crippen LogP contribution is 2.22. The van der Waals surface area contributed by atoms with E-state index in [1.165, 1.54) is 6.92 Å². The largest absolute Gasteiger partial charge is 0.453 e. The van der Waals surface area contributed by atoms with Crippen LogP contribution in [0.15, 0.2) is 24.3 Å². The molecule has 0 spiro atoms. The van der Waals surface area contributed by atoms with E-state index in [0.717, 1.165) is 4.90 Å². The molecular formula is C21H25N3O5. The van der Waals surface area contributed by atoms with Gasteiger partial charge in [-0.2, -0.15) is 5.26 Å². The second-order valence-electron chi connectivity index (χ2n) is 7.50. The van der Waals surface area contributed by atoms with Gasteiger partial charge < -0.3 is 10.1 Å². The number of carbonyl (C=O) groups is 4. The summed E-state index contributed by atoms with van der Waals surface area (Å²) in [4.78, 5) is 49.9. The van der Waals surface area contributed by atoms with Crippen molar-refractivity contribution in [2.45, 2.75) is 52.2 Å². The van der Waals surface area contributed by atoms with E-state index in [2.05, 4.69) is 11.4 Å². The second kappa shape index (κ2) is 8.86. The molecule has 0 aliphatic carbocycles. The number of amides is 3. The van der Waals surface area contributed by atoms with Gasteiger partial charge >= 0.3 is 5.97 Å². The molecule has 0 bridgehead atoms. The molecule has 0 unspecified atom stereocenters. The van der Waals surface area contributed by atoms with Crippen molar-refractivity contribution in [1.82, 2.24) is 10.2 Å². The van der Waals surface area contributed by atoms with Crippen molar-refractivity contribution in [2.24, 2.45) is 5.92 Å². The fraction of sp³-hybridized carbons (Fsp3) is 0.476. The van der Waals surface area contributed by atoms with Gasteiger partial charge in [0.2, 0.25) is 0 Å². The summed E-state index contributed by atoms with van der Waals surface area (Å²) in [6.45, 7) is 6.72. The molecular weight excluding hydrogens is 374 g/mol. The molecule has 1 N–H and O–H groups in total. The molecule has 2 rings (SSSR count). The van der Waals surface area contributed by atoms with Crippen molar-refractivity contribution in [3.05, 3.63) is 35.4 Å². The lowest BCUT2D eigenvalue weighted by Crippen LogP contribution is -2.52.